The van der Waals surface area contributed by atoms with E-state index in [9.17, 15) is 4.79 Å². The second-order valence-corrected chi connectivity index (χ2v) is 4.12. The van der Waals surface area contributed by atoms with E-state index < -0.39 is 5.91 Å². The van der Waals surface area contributed by atoms with Gasteiger partial charge in [-0.1, -0.05) is 31.5 Å². The molecule has 1 heterocycles. The molecule has 0 spiro atoms. The normalized spacial score (nSPS) is 14.7. The predicted octanol–water partition coefficient (Wildman–Crippen LogP) is 1.87. The monoisotopic (exact) mass is 269 g/mol. The zero-order valence-corrected chi connectivity index (χ0v) is 11.6. The molecule has 2 rings (SSSR count). The fourth-order valence-electron chi connectivity index (χ4n) is 1.86. The van der Waals surface area contributed by atoms with Crippen molar-refractivity contribution in [3.63, 3.8) is 0 Å². The number of hydrogen-bond acceptors (Lipinski definition) is 3. The fraction of sp³-hybridized carbons (Fsp3) is 0.462. The number of carbonyl (C=O) groups excluding carboxylic acids is 1. The fourth-order valence-corrected chi connectivity index (χ4v) is 2.20. The number of rotatable bonds is 2. The minimum atomic E-state index is -0.484. The van der Waals surface area contributed by atoms with Crippen molar-refractivity contribution in [2.24, 2.45) is 5.73 Å². The number of hydrogen-bond donors (Lipinski definition) is 2. The number of carbonyl (C=O) groups is 1. The van der Waals surface area contributed by atoms with Gasteiger partial charge in [-0.15, -0.1) is 0 Å². The Morgan fingerprint density at radius 3 is 2.50 bits per heavy atom. The smallest absolute Gasteiger partial charge is 0.250 e. The number of nitrogens with zero attached hydrogens (tertiary/aromatic N) is 1. The molecule has 1 aliphatic heterocycles. The van der Waals surface area contributed by atoms with E-state index in [4.69, 9.17) is 17.3 Å². The molecule has 0 bridgehead atoms. The van der Waals surface area contributed by atoms with Gasteiger partial charge < -0.3 is 16.0 Å². The SMILES string of the molecule is CC.NC(=O)c1cccc(N2CCNCC2)c1Cl. The molecule has 1 aromatic rings. The summed E-state index contributed by atoms with van der Waals surface area (Å²) in [6, 6.07) is 5.37. The standard InChI is InChI=1S/C11H14ClN3O.C2H6/c12-10-8(11(13)16)2-1-3-9(10)15-6-4-14-5-7-15;1-2/h1-3,14H,4-7H2,(H2,13,16);1-2H3. The molecule has 1 aromatic carbocycles. The van der Waals surface area contributed by atoms with Gasteiger partial charge in [0.15, 0.2) is 0 Å². The summed E-state index contributed by atoms with van der Waals surface area (Å²) in [5, 5.41) is 3.72. The molecule has 1 aliphatic rings. The molecule has 0 atom stereocenters. The van der Waals surface area contributed by atoms with E-state index in [0.717, 1.165) is 31.9 Å². The van der Waals surface area contributed by atoms with Crippen molar-refractivity contribution < 1.29 is 4.79 Å². The van der Waals surface area contributed by atoms with Crippen molar-refractivity contribution in [1.29, 1.82) is 0 Å². The highest BCUT2D eigenvalue weighted by molar-refractivity contribution is 6.36. The second kappa shape index (κ2) is 7.24. The number of benzene rings is 1. The second-order valence-electron chi connectivity index (χ2n) is 3.74. The zero-order valence-electron chi connectivity index (χ0n) is 10.9. The molecule has 100 valence electrons. The summed E-state index contributed by atoms with van der Waals surface area (Å²) < 4.78 is 0. The lowest BCUT2D eigenvalue weighted by Crippen LogP contribution is -2.43. The van der Waals surface area contributed by atoms with Gasteiger partial charge in [0.25, 0.3) is 0 Å². The first-order valence-electron chi connectivity index (χ1n) is 6.24. The Balaban J connectivity index is 0.000000771. The molecule has 0 aromatic heterocycles. The maximum atomic E-state index is 11.2. The lowest BCUT2D eigenvalue weighted by atomic mass is 10.1. The number of halogens is 1. The average molecular weight is 270 g/mol. The van der Waals surface area contributed by atoms with E-state index >= 15 is 0 Å². The maximum Gasteiger partial charge on any atom is 0.250 e. The predicted molar refractivity (Wildman–Crippen MR) is 76.4 cm³/mol. The minimum absolute atomic E-state index is 0.387. The minimum Gasteiger partial charge on any atom is -0.368 e. The molecule has 1 amide bonds. The van der Waals surface area contributed by atoms with E-state index in [1.54, 1.807) is 6.07 Å². The van der Waals surface area contributed by atoms with E-state index in [0.29, 0.717) is 10.6 Å². The van der Waals surface area contributed by atoms with E-state index in [1.807, 2.05) is 26.0 Å². The molecular formula is C13H20ClN3O. The summed E-state index contributed by atoms with van der Waals surface area (Å²) in [4.78, 5) is 13.3. The number of anilines is 1. The third-order valence-electron chi connectivity index (χ3n) is 2.70. The summed E-state index contributed by atoms with van der Waals surface area (Å²) in [5.41, 5.74) is 6.53. The van der Waals surface area contributed by atoms with Crippen molar-refractivity contribution in [3.05, 3.63) is 28.8 Å². The molecule has 0 saturated carbocycles. The third-order valence-corrected chi connectivity index (χ3v) is 3.10. The summed E-state index contributed by atoms with van der Waals surface area (Å²) in [7, 11) is 0. The molecule has 4 nitrogen and oxygen atoms in total. The summed E-state index contributed by atoms with van der Waals surface area (Å²) in [6.07, 6.45) is 0. The van der Waals surface area contributed by atoms with Crippen LogP contribution in [-0.4, -0.2) is 32.1 Å². The van der Waals surface area contributed by atoms with Gasteiger partial charge in [-0.2, -0.15) is 0 Å². The number of piperazine rings is 1. The molecule has 0 radical (unpaired) electrons. The summed E-state index contributed by atoms with van der Waals surface area (Å²) in [5.74, 6) is -0.484. The lowest BCUT2D eigenvalue weighted by molar-refractivity contribution is 0.100. The van der Waals surface area contributed by atoms with Crippen LogP contribution in [0.25, 0.3) is 0 Å². The molecule has 1 fully saturated rings. The Hall–Kier alpha value is -1.26. The Morgan fingerprint density at radius 2 is 1.94 bits per heavy atom. The van der Waals surface area contributed by atoms with Gasteiger partial charge in [0, 0.05) is 26.2 Å². The van der Waals surface area contributed by atoms with Gasteiger partial charge in [0.05, 0.1) is 16.3 Å². The Labute approximate surface area is 113 Å². The molecule has 3 N–H and O–H groups in total. The Morgan fingerprint density at radius 1 is 1.33 bits per heavy atom. The summed E-state index contributed by atoms with van der Waals surface area (Å²) >= 11 is 6.17. The molecule has 5 heteroatoms. The highest BCUT2D eigenvalue weighted by Crippen LogP contribution is 2.29. The van der Waals surface area contributed by atoms with Gasteiger partial charge >= 0.3 is 0 Å². The molecular weight excluding hydrogens is 250 g/mol. The van der Waals surface area contributed by atoms with Crippen LogP contribution < -0.4 is 16.0 Å². The maximum absolute atomic E-state index is 11.2. The number of primary amides is 1. The number of nitrogens with one attached hydrogen (secondary N) is 1. The van der Waals surface area contributed by atoms with Crippen LogP contribution in [0, 0.1) is 0 Å². The van der Waals surface area contributed by atoms with E-state index in [-0.39, 0.29) is 0 Å². The van der Waals surface area contributed by atoms with Gasteiger partial charge in [-0.05, 0) is 12.1 Å². The van der Waals surface area contributed by atoms with Crippen LogP contribution >= 0.6 is 11.6 Å². The highest BCUT2D eigenvalue weighted by atomic mass is 35.5. The van der Waals surface area contributed by atoms with E-state index in [1.165, 1.54) is 0 Å². The first kappa shape index (κ1) is 14.8. The zero-order chi connectivity index (χ0) is 13.5. The Bertz CT molecular complexity index is 403. The first-order valence-corrected chi connectivity index (χ1v) is 6.62. The van der Waals surface area contributed by atoms with E-state index in [2.05, 4.69) is 10.2 Å². The van der Waals surface area contributed by atoms with Crippen molar-refractivity contribution in [1.82, 2.24) is 5.32 Å². The Kier molecular flexibility index (Phi) is 5.95. The van der Waals surface area contributed by atoms with Gasteiger partial charge in [-0.3, -0.25) is 4.79 Å². The van der Waals surface area contributed by atoms with Crippen molar-refractivity contribution in [2.45, 2.75) is 13.8 Å². The molecule has 1 saturated heterocycles. The van der Waals surface area contributed by atoms with Crippen LogP contribution in [0.2, 0.25) is 5.02 Å². The number of amides is 1. The van der Waals surface area contributed by atoms with Gasteiger partial charge in [0.2, 0.25) is 5.91 Å². The quantitative estimate of drug-likeness (QED) is 0.862. The third kappa shape index (κ3) is 3.37. The van der Waals surface area contributed by atoms with Crippen LogP contribution in [0.3, 0.4) is 0 Å². The van der Waals surface area contributed by atoms with Gasteiger partial charge in [-0.25, -0.2) is 0 Å². The highest BCUT2D eigenvalue weighted by Gasteiger charge is 2.16. The van der Waals surface area contributed by atoms with Crippen LogP contribution in [0.15, 0.2) is 18.2 Å². The van der Waals surface area contributed by atoms with Crippen molar-refractivity contribution >= 4 is 23.2 Å². The summed E-state index contributed by atoms with van der Waals surface area (Å²) in [6.45, 7) is 7.64. The van der Waals surface area contributed by atoms with Crippen LogP contribution in [0.5, 0.6) is 0 Å². The molecule has 18 heavy (non-hydrogen) atoms. The van der Waals surface area contributed by atoms with Crippen LogP contribution in [0.1, 0.15) is 24.2 Å². The van der Waals surface area contributed by atoms with Crippen molar-refractivity contribution in [3.8, 4) is 0 Å². The average Bonchev–Trinajstić information content (AvgIpc) is 2.42. The largest absolute Gasteiger partial charge is 0.368 e. The van der Waals surface area contributed by atoms with Crippen molar-refractivity contribution in [2.75, 3.05) is 31.1 Å². The van der Waals surface area contributed by atoms with Crippen LogP contribution in [0.4, 0.5) is 5.69 Å². The molecule has 0 unspecified atom stereocenters. The first-order chi connectivity index (χ1) is 8.70. The molecule has 0 aliphatic carbocycles. The van der Waals surface area contributed by atoms with Crippen LogP contribution in [-0.2, 0) is 0 Å². The van der Waals surface area contributed by atoms with Gasteiger partial charge in [0.1, 0.15) is 0 Å². The lowest BCUT2D eigenvalue weighted by Gasteiger charge is -2.30. The topological polar surface area (TPSA) is 58.4 Å². The number of nitrogens with two attached hydrogens (primary N) is 1.